The van der Waals surface area contributed by atoms with E-state index in [1.54, 1.807) is 10.4 Å². The van der Waals surface area contributed by atoms with Crippen LogP contribution in [0.5, 0.6) is 0 Å². The van der Waals surface area contributed by atoms with Crippen LogP contribution >= 0.6 is 11.3 Å². The van der Waals surface area contributed by atoms with Crippen LogP contribution < -0.4 is 5.73 Å². The highest BCUT2D eigenvalue weighted by molar-refractivity contribution is 7.10. The summed E-state index contributed by atoms with van der Waals surface area (Å²) < 4.78 is 0. The number of unbranched alkanes of at least 4 members (excludes halogenated alkanes) is 3. The maximum absolute atomic E-state index is 6.04. The molecule has 0 aromatic carbocycles. The van der Waals surface area contributed by atoms with Crippen molar-refractivity contribution in [1.29, 1.82) is 0 Å². The highest BCUT2D eigenvalue weighted by atomic mass is 32.1. The lowest BCUT2D eigenvalue weighted by atomic mass is 9.97. The van der Waals surface area contributed by atoms with Gasteiger partial charge in [0.1, 0.15) is 0 Å². The fourth-order valence-electron chi connectivity index (χ4n) is 3.25. The van der Waals surface area contributed by atoms with Crippen molar-refractivity contribution in [1.82, 2.24) is 4.90 Å². The summed E-state index contributed by atoms with van der Waals surface area (Å²) in [5.41, 5.74) is 7.58. The lowest BCUT2D eigenvalue weighted by molar-refractivity contribution is 0.129. The van der Waals surface area contributed by atoms with Crippen molar-refractivity contribution in [3.63, 3.8) is 0 Å². The fraction of sp³-hybridized carbons (Fsp3) is 0.750. The maximum atomic E-state index is 6.04. The third-order valence-electron chi connectivity index (χ3n) is 4.46. The van der Waals surface area contributed by atoms with Crippen LogP contribution in [0.4, 0.5) is 0 Å². The molecule has 0 aliphatic carbocycles. The van der Waals surface area contributed by atoms with E-state index < -0.39 is 0 Å². The maximum Gasteiger partial charge on any atom is 0.0334 e. The van der Waals surface area contributed by atoms with Crippen LogP contribution in [0.15, 0.2) is 11.4 Å². The molecule has 1 aliphatic heterocycles. The second-order valence-corrected chi connectivity index (χ2v) is 6.70. The van der Waals surface area contributed by atoms with Gasteiger partial charge in [-0.2, -0.15) is 0 Å². The van der Waals surface area contributed by atoms with E-state index >= 15 is 0 Å². The van der Waals surface area contributed by atoms with Crippen LogP contribution in [0.1, 0.15) is 62.4 Å². The molecule has 0 amide bonds. The lowest BCUT2D eigenvalue weighted by Gasteiger charge is -2.39. The smallest absolute Gasteiger partial charge is 0.0334 e. The summed E-state index contributed by atoms with van der Waals surface area (Å²) in [6.07, 6.45) is 7.84. The van der Waals surface area contributed by atoms with Gasteiger partial charge in [-0.25, -0.2) is 0 Å². The minimum atomic E-state index is 0.551. The molecule has 2 unspecified atom stereocenters. The van der Waals surface area contributed by atoms with E-state index in [1.807, 2.05) is 11.3 Å². The van der Waals surface area contributed by atoms with E-state index in [4.69, 9.17) is 5.73 Å². The molecular weight excluding hydrogens is 252 g/mol. The number of hydrogen-bond donors (Lipinski definition) is 1. The Morgan fingerprint density at radius 3 is 3.00 bits per heavy atom. The number of rotatable bonds is 7. The summed E-state index contributed by atoms with van der Waals surface area (Å²) in [4.78, 5) is 4.23. The average Bonchev–Trinajstić information content (AvgIpc) is 2.90. The summed E-state index contributed by atoms with van der Waals surface area (Å²) in [5.74, 6) is 0. The zero-order valence-corrected chi connectivity index (χ0v) is 13.2. The predicted molar refractivity (Wildman–Crippen MR) is 84.7 cm³/mol. The summed E-state index contributed by atoms with van der Waals surface area (Å²) in [6, 6.07) is 3.43. The topological polar surface area (TPSA) is 29.3 Å². The molecule has 0 saturated carbocycles. The zero-order valence-electron chi connectivity index (χ0n) is 12.4. The lowest BCUT2D eigenvalue weighted by Crippen LogP contribution is -2.45. The van der Waals surface area contributed by atoms with Crippen LogP contribution in [0.2, 0.25) is 0 Å². The minimum absolute atomic E-state index is 0.551. The van der Waals surface area contributed by atoms with E-state index in [-0.39, 0.29) is 0 Å². The van der Waals surface area contributed by atoms with Gasteiger partial charge in [0.05, 0.1) is 0 Å². The Bertz CT molecular complexity index is 375. The van der Waals surface area contributed by atoms with Crippen molar-refractivity contribution < 1.29 is 0 Å². The summed E-state index contributed by atoms with van der Waals surface area (Å²) in [5, 5.41) is 2.24. The quantitative estimate of drug-likeness (QED) is 0.766. The first-order chi connectivity index (χ1) is 9.27. The summed E-state index contributed by atoms with van der Waals surface area (Å²) in [7, 11) is 0. The van der Waals surface area contributed by atoms with Gasteiger partial charge in [0, 0.05) is 30.1 Å². The Morgan fingerprint density at radius 1 is 1.42 bits per heavy atom. The molecule has 0 bridgehead atoms. The molecule has 2 nitrogen and oxygen atoms in total. The third kappa shape index (κ3) is 3.59. The van der Waals surface area contributed by atoms with Gasteiger partial charge in [-0.15, -0.1) is 11.3 Å². The second-order valence-electron chi connectivity index (χ2n) is 5.70. The molecule has 2 atom stereocenters. The zero-order chi connectivity index (χ0) is 13.7. The predicted octanol–water partition coefficient (Wildman–Crippen LogP) is 3.96. The Hall–Kier alpha value is -0.380. The van der Waals surface area contributed by atoms with Gasteiger partial charge in [0.2, 0.25) is 0 Å². The molecule has 0 spiro atoms. The molecule has 108 valence electrons. The minimum Gasteiger partial charge on any atom is -0.329 e. The Morgan fingerprint density at radius 2 is 2.26 bits per heavy atom. The number of fused-ring (bicyclic) bond motifs is 1. The molecule has 0 saturated heterocycles. The van der Waals surface area contributed by atoms with Crippen molar-refractivity contribution in [2.45, 2.75) is 64.5 Å². The molecule has 0 fully saturated rings. The standard InChI is InChI=1S/C16H28N2S/c1-3-4-5-6-7-14(12-17)18-10-8-16-15(13(18)2)9-11-19-16/h9,11,13-14H,3-8,10,12,17H2,1-2H3. The van der Waals surface area contributed by atoms with Gasteiger partial charge in [-0.05, 0) is 36.8 Å². The molecule has 1 aliphatic rings. The number of hydrogen-bond acceptors (Lipinski definition) is 3. The van der Waals surface area contributed by atoms with Gasteiger partial charge < -0.3 is 5.73 Å². The normalized spacial score (nSPS) is 21.3. The van der Waals surface area contributed by atoms with E-state index in [0.717, 1.165) is 6.54 Å². The third-order valence-corrected chi connectivity index (χ3v) is 5.45. The average molecular weight is 280 g/mol. The van der Waals surface area contributed by atoms with Crippen molar-refractivity contribution in [3.8, 4) is 0 Å². The molecule has 0 radical (unpaired) electrons. The van der Waals surface area contributed by atoms with E-state index in [9.17, 15) is 0 Å². The first kappa shape index (κ1) is 15.0. The van der Waals surface area contributed by atoms with Crippen molar-refractivity contribution in [2.24, 2.45) is 5.73 Å². The summed E-state index contributed by atoms with van der Waals surface area (Å²) >= 11 is 1.92. The van der Waals surface area contributed by atoms with Crippen LogP contribution in [0.3, 0.4) is 0 Å². The number of nitrogens with two attached hydrogens (primary N) is 1. The molecule has 19 heavy (non-hydrogen) atoms. The monoisotopic (exact) mass is 280 g/mol. The SMILES string of the molecule is CCCCCCC(CN)N1CCc2sccc2C1C. The molecular formula is C16H28N2S. The van der Waals surface area contributed by atoms with Gasteiger partial charge in [-0.3, -0.25) is 4.90 Å². The molecule has 1 aromatic rings. The second kappa shape index (κ2) is 7.41. The summed E-state index contributed by atoms with van der Waals surface area (Å²) in [6.45, 7) is 6.60. The van der Waals surface area contributed by atoms with Crippen molar-refractivity contribution >= 4 is 11.3 Å². The fourth-order valence-corrected chi connectivity index (χ4v) is 4.22. The van der Waals surface area contributed by atoms with Crippen LogP contribution in [0, 0.1) is 0 Å². The number of thiophene rings is 1. The molecule has 2 heterocycles. The number of nitrogens with zero attached hydrogens (tertiary/aromatic N) is 1. The first-order valence-electron chi connectivity index (χ1n) is 7.80. The molecule has 1 aromatic heterocycles. The van der Waals surface area contributed by atoms with Crippen LogP contribution in [-0.4, -0.2) is 24.0 Å². The molecule has 2 N–H and O–H groups in total. The van der Waals surface area contributed by atoms with Crippen LogP contribution in [0.25, 0.3) is 0 Å². The Balaban J connectivity index is 1.92. The first-order valence-corrected chi connectivity index (χ1v) is 8.68. The van der Waals surface area contributed by atoms with Crippen molar-refractivity contribution in [2.75, 3.05) is 13.1 Å². The van der Waals surface area contributed by atoms with Crippen LogP contribution in [-0.2, 0) is 6.42 Å². The molecule has 2 rings (SSSR count). The van der Waals surface area contributed by atoms with E-state index in [2.05, 4.69) is 30.2 Å². The molecule has 3 heteroatoms. The van der Waals surface area contributed by atoms with Gasteiger partial charge in [-0.1, -0.05) is 32.6 Å². The van der Waals surface area contributed by atoms with E-state index in [1.165, 1.54) is 45.1 Å². The Kier molecular flexibility index (Phi) is 5.86. The van der Waals surface area contributed by atoms with E-state index in [0.29, 0.717) is 12.1 Å². The largest absolute Gasteiger partial charge is 0.329 e. The highest BCUT2D eigenvalue weighted by Gasteiger charge is 2.29. The van der Waals surface area contributed by atoms with Crippen molar-refractivity contribution in [3.05, 3.63) is 21.9 Å². The van der Waals surface area contributed by atoms with Gasteiger partial charge in [0.25, 0.3) is 0 Å². The van der Waals surface area contributed by atoms with Gasteiger partial charge >= 0.3 is 0 Å². The van der Waals surface area contributed by atoms with Gasteiger partial charge in [0.15, 0.2) is 0 Å². The highest BCUT2D eigenvalue weighted by Crippen LogP contribution is 2.34. The Labute approximate surface area is 122 Å².